The molecule has 1 aliphatic rings. The number of nitrogens with two attached hydrogens (primary N) is 1. The smallest absolute Gasteiger partial charge is 0.410 e. The molecule has 2 N–H and O–H groups in total. The number of thiazole rings is 1. The van der Waals surface area contributed by atoms with Gasteiger partial charge >= 0.3 is 6.09 Å². The van der Waals surface area contributed by atoms with Crippen LogP contribution in [0.3, 0.4) is 0 Å². The van der Waals surface area contributed by atoms with Crippen LogP contribution in [0.2, 0.25) is 0 Å². The lowest BCUT2D eigenvalue weighted by Gasteiger charge is -2.35. The zero-order valence-electron chi connectivity index (χ0n) is 13.0. The molecule has 5 nitrogen and oxygen atoms in total. The van der Waals surface area contributed by atoms with E-state index in [0.29, 0.717) is 18.4 Å². The third-order valence-corrected chi connectivity index (χ3v) is 4.69. The van der Waals surface area contributed by atoms with E-state index < -0.39 is 5.60 Å². The van der Waals surface area contributed by atoms with Crippen molar-refractivity contribution in [2.24, 2.45) is 11.7 Å². The van der Waals surface area contributed by atoms with Crippen LogP contribution in [0.4, 0.5) is 4.79 Å². The summed E-state index contributed by atoms with van der Waals surface area (Å²) in [7, 11) is 0. The van der Waals surface area contributed by atoms with E-state index >= 15 is 0 Å². The fourth-order valence-corrected chi connectivity index (χ4v) is 3.57. The summed E-state index contributed by atoms with van der Waals surface area (Å²) >= 11 is 1.67. The number of likely N-dealkylation sites (tertiary alicyclic amines) is 1. The fourth-order valence-electron chi connectivity index (χ4n) is 2.72. The summed E-state index contributed by atoms with van der Waals surface area (Å²) in [5.41, 5.74) is 5.50. The van der Waals surface area contributed by atoms with Crippen LogP contribution < -0.4 is 5.73 Å². The molecule has 1 atom stereocenters. The second kappa shape index (κ2) is 6.75. The summed E-state index contributed by atoms with van der Waals surface area (Å²) < 4.78 is 5.42. The number of piperidine rings is 1. The first-order valence-corrected chi connectivity index (χ1v) is 8.36. The molecular formula is C15H25N3O2S. The first-order valence-electron chi connectivity index (χ1n) is 7.48. The number of hydrogen-bond donors (Lipinski definition) is 1. The van der Waals surface area contributed by atoms with Crippen molar-refractivity contribution in [3.8, 4) is 0 Å². The molecule has 1 aromatic rings. The van der Waals surface area contributed by atoms with Gasteiger partial charge in [0.1, 0.15) is 5.60 Å². The molecular weight excluding hydrogens is 286 g/mol. The zero-order chi connectivity index (χ0) is 15.5. The molecule has 0 bridgehead atoms. The van der Waals surface area contributed by atoms with Crippen molar-refractivity contribution in [2.45, 2.75) is 45.1 Å². The van der Waals surface area contributed by atoms with E-state index in [-0.39, 0.29) is 6.09 Å². The molecule has 2 rings (SSSR count). The molecule has 1 fully saturated rings. The van der Waals surface area contributed by atoms with Crippen LogP contribution in [-0.2, 0) is 4.74 Å². The molecule has 0 saturated carbocycles. The number of amides is 1. The lowest BCUT2D eigenvalue weighted by molar-refractivity contribution is 0.0175. The lowest BCUT2D eigenvalue weighted by Crippen LogP contribution is -2.43. The van der Waals surface area contributed by atoms with Crippen LogP contribution in [0.15, 0.2) is 11.6 Å². The van der Waals surface area contributed by atoms with E-state index in [9.17, 15) is 4.79 Å². The Labute approximate surface area is 130 Å². The average Bonchev–Trinajstić information content (AvgIpc) is 2.92. The van der Waals surface area contributed by atoms with Gasteiger partial charge in [0.2, 0.25) is 0 Å². The molecule has 1 amide bonds. The summed E-state index contributed by atoms with van der Waals surface area (Å²) in [6.07, 6.45) is 3.54. The normalized spacial score (nSPS) is 18.6. The van der Waals surface area contributed by atoms with Crippen LogP contribution in [0.5, 0.6) is 0 Å². The van der Waals surface area contributed by atoms with E-state index in [1.165, 1.54) is 0 Å². The van der Waals surface area contributed by atoms with Crippen LogP contribution in [0.25, 0.3) is 0 Å². The molecule has 21 heavy (non-hydrogen) atoms. The Kier molecular flexibility index (Phi) is 5.22. The van der Waals surface area contributed by atoms with Crippen molar-refractivity contribution in [1.29, 1.82) is 0 Å². The summed E-state index contributed by atoms with van der Waals surface area (Å²) in [4.78, 5) is 18.3. The van der Waals surface area contributed by atoms with Crippen LogP contribution in [0, 0.1) is 5.92 Å². The molecule has 1 aliphatic heterocycles. The molecule has 0 aliphatic carbocycles. The van der Waals surface area contributed by atoms with Crippen molar-refractivity contribution in [3.63, 3.8) is 0 Å². The van der Waals surface area contributed by atoms with Gasteiger partial charge < -0.3 is 15.4 Å². The van der Waals surface area contributed by atoms with Crippen LogP contribution in [-0.4, -0.2) is 41.2 Å². The Morgan fingerprint density at radius 2 is 2.19 bits per heavy atom. The first kappa shape index (κ1) is 16.2. The number of hydrogen-bond acceptors (Lipinski definition) is 5. The Morgan fingerprint density at radius 3 is 2.67 bits per heavy atom. The monoisotopic (exact) mass is 311 g/mol. The van der Waals surface area contributed by atoms with Crippen molar-refractivity contribution in [1.82, 2.24) is 9.88 Å². The second-order valence-corrected chi connectivity index (χ2v) is 7.44. The summed E-state index contributed by atoms with van der Waals surface area (Å²) in [6.45, 7) is 7.77. The van der Waals surface area contributed by atoms with Gasteiger partial charge in [-0.2, -0.15) is 0 Å². The second-order valence-electron chi connectivity index (χ2n) is 6.52. The van der Waals surface area contributed by atoms with Gasteiger partial charge in [-0.1, -0.05) is 0 Å². The molecule has 1 aromatic heterocycles. The summed E-state index contributed by atoms with van der Waals surface area (Å²) in [5.74, 6) is 0.811. The molecule has 118 valence electrons. The van der Waals surface area contributed by atoms with Gasteiger partial charge in [0.15, 0.2) is 0 Å². The highest BCUT2D eigenvalue weighted by molar-refractivity contribution is 7.09. The number of carbonyl (C=O) groups excluding carboxylic acids is 1. The predicted octanol–water partition coefficient (Wildman–Crippen LogP) is 2.83. The van der Waals surface area contributed by atoms with Crippen molar-refractivity contribution in [3.05, 3.63) is 16.6 Å². The van der Waals surface area contributed by atoms with Gasteiger partial charge in [0.05, 0.1) is 5.01 Å². The third-order valence-electron chi connectivity index (χ3n) is 3.78. The zero-order valence-corrected chi connectivity index (χ0v) is 13.9. The molecule has 0 aromatic carbocycles. The number of carbonyl (C=O) groups is 1. The quantitative estimate of drug-likeness (QED) is 0.932. The number of ether oxygens (including phenoxy) is 1. The first-order chi connectivity index (χ1) is 9.90. The predicted molar refractivity (Wildman–Crippen MR) is 84.4 cm³/mol. The number of aromatic nitrogens is 1. The molecule has 0 spiro atoms. The van der Waals surface area contributed by atoms with Crippen LogP contribution in [0.1, 0.15) is 44.5 Å². The lowest BCUT2D eigenvalue weighted by atomic mass is 9.84. The topological polar surface area (TPSA) is 68.5 Å². The minimum Gasteiger partial charge on any atom is -0.444 e. The van der Waals surface area contributed by atoms with E-state index in [1.54, 1.807) is 16.2 Å². The van der Waals surface area contributed by atoms with Gasteiger partial charge in [-0.3, -0.25) is 0 Å². The number of rotatable bonds is 3. The standard InChI is InChI=1S/C15H25N3O2S/c1-15(2,3)20-14(19)18-7-4-11(5-8-18)12(10-16)13-17-6-9-21-13/h6,9,11-12H,4-5,7-8,10,16H2,1-3H3. The summed E-state index contributed by atoms with van der Waals surface area (Å²) in [5, 5.41) is 3.11. The van der Waals surface area contributed by atoms with E-state index in [2.05, 4.69) is 4.98 Å². The van der Waals surface area contributed by atoms with E-state index in [0.717, 1.165) is 30.9 Å². The van der Waals surface area contributed by atoms with Gasteiger partial charge in [-0.05, 0) is 39.5 Å². The van der Waals surface area contributed by atoms with Gasteiger partial charge in [-0.25, -0.2) is 9.78 Å². The van der Waals surface area contributed by atoms with E-state index in [4.69, 9.17) is 10.5 Å². The molecule has 1 saturated heterocycles. The highest BCUT2D eigenvalue weighted by atomic mass is 32.1. The minimum atomic E-state index is -0.436. The molecule has 2 heterocycles. The van der Waals surface area contributed by atoms with Crippen LogP contribution >= 0.6 is 11.3 Å². The fraction of sp³-hybridized carbons (Fsp3) is 0.733. The largest absolute Gasteiger partial charge is 0.444 e. The summed E-state index contributed by atoms with van der Waals surface area (Å²) in [6, 6.07) is 0. The Balaban J connectivity index is 1.89. The SMILES string of the molecule is CC(C)(C)OC(=O)N1CCC(C(CN)c2nccs2)CC1. The molecule has 1 unspecified atom stereocenters. The number of nitrogens with zero attached hydrogens (tertiary/aromatic N) is 2. The highest BCUT2D eigenvalue weighted by Gasteiger charge is 2.31. The maximum absolute atomic E-state index is 12.1. The average molecular weight is 311 g/mol. The minimum absolute atomic E-state index is 0.209. The van der Waals surface area contributed by atoms with Crippen molar-refractivity contribution in [2.75, 3.05) is 19.6 Å². The Hall–Kier alpha value is -1.14. The van der Waals surface area contributed by atoms with Crippen molar-refractivity contribution >= 4 is 17.4 Å². The van der Waals surface area contributed by atoms with E-state index in [1.807, 2.05) is 32.3 Å². The van der Waals surface area contributed by atoms with Crippen molar-refractivity contribution < 1.29 is 9.53 Å². The molecule has 6 heteroatoms. The maximum atomic E-state index is 12.1. The molecule has 0 radical (unpaired) electrons. The highest BCUT2D eigenvalue weighted by Crippen LogP contribution is 2.33. The third kappa shape index (κ3) is 4.41. The van der Waals surface area contributed by atoms with Gasteiger partial charge in [-0.15, -0.1) is 11.3 Å². The van der Waals surface area contributed by atoms with Gasteiger partial charge in [0, 0.05) is 37.1 Å². The maximum Gasteiger partial charge on any atom is 0.410 e. The Morgan fingerprint density at radius 1 is 1.52 bits per heavy atom. The van der Waals surface area contributed by atoms with Gasteiger partial charge in [0.25, 0.3) is 0 Å². The Bertz CT molecular complexity index is 448.